The van der Waals surface area contributed by atoms with Gasteiger partial charge in [-0.1, -0.05) is 0 Å². The van der Waals surface area contributed by atoms with Crippen molar-refractivity contribution in [3.63, 3.8) is 0 Å². The van der Waals surface area contributed by atoms with E-state index in [2.05, 4.69) is 14.7 Å². The van der Waals surface area contributed by atoms with E-state index >= 15 is 0 Å². The Morgan fingerprint density at radius 2 is 1.74 bits per heavy atom. The van der Waals surface area contributed by atoms with Crippen molar-refractivity contribution in [2.24, 2.45) is 0 Å². The molecule has 0 amide bonds. The molecule has 1 aromatic heterocycles. The normalized spacial score (nSPS) is 10.4. The van der Waals surface area contributed by atoms with E-state index in [1.165, 1.54) is 18.2 Å². The Morgan fingerprint density at radius 3 is 2.37 bits per heavy atom. The lowest BCUT2D eigenvalue weighted by Crippen LogP contribution is -2.29. The zero-order valence-corrected chi connectivity index (χ0v) is 9.98. The fourth-order valence-electron chi connectivity index (χ4n) is 1.57. The summed E-state index contributed by atoms with van der Waals surface area (Å²) in [7, 11) is 0. The van der Waals surface area contributed by atoms with Crippen molar-refractivity contribution in [1.29, 1.82) is 0 Å². The molecule has 7 nitrogen and oxygen atoms in total. The number of ketones is 1. The molecule has 2 rings (SSSR count). The summed E-state index contributed by atoms with van der Waals surface area (Å²) < 4.78 is 4.59. The van der Waals surface area contributed by atoms with E-state index in [-0.39, 0.29) is 17.7 Å². The Bertz CT molecular complexity index is 772. The van der Waals surface area contributed by atoms with Crippen molar-refractivity contribution in [1.82, 2.24) is 9.97 Å². The molecule has 0 aliphatic heterocycles. The van der Waals surface area contributed by atoms with Crippen LogP contribution in [0.3, 0.4) is 0 Å². The standard InChI is InChI=1S/C12H10N2O5/c1-2-19-12(18)9(15)6-3-4-7-8(5-6)14-11(17)10(16)13-7/h3-5H,2H2,1H3,(H,13,16)(H,14,17). The Labute approximate surface area is 106 Å². The van der Waals surface area contributed by atoms with Gasteiger partial charge in [-0.05, 0) is 25.1 Å². The lowest BCUT2D eigenvalue weighted by molar-refractivity contribution is -0.137. The van der Waals surface area contributed by atoms with Crippen molar-refractivity contribution >= 4 is 22.8 Å². The van der Waals surface area contributed by atoms with E-state index in [0.717, 1.165) is 0 Å². The first-order valence-electron chi connectivity index (χ1n) is 5.50. The van der Waals surface area contributed by atoms with Crippen molar-refractivity contribution in [3.8, 4) is 0 Å². The van der Waals surface area contributed by atoms with Gasteiger partial charge in [0.15, 0.2) is 0 Å². The summed E-state index contributed by atoms with van der Waals surface area (Å²) >= 11 is 0. The van der Waals surface area contributed by atoms with E-state index in [9.17, 15) is 19.2 Å². The van der Waals surface area contributed by atoms with Gasteiger partial charge >= 0.3 is 17.1 Å². The maximum absolute atomic E-state index is 11.7. The van der Waals surface area contributed by atoms with Crippen molar-refractivity contribution in [3.05, 3.63) is 44.5 Å². The third-order valence-corrected chi connectivity index (χ3v) is 2.45. The first-order chi connectivity index (χ1) is 9.02. The number of fused-ring (bicyclic) bond motifs is 1. The second-order valence-corrected chi connectivity index (χ2v) is 3.72. The van der Waals surface area contributed by atoms with Gasteiger partial charge in [-0.2, -0.15) is 0 Å². The van der Waals surface area contributed by atoms with E-state index in [0.29, 0.717) is 5.52 Å². The molecule has 0 atom stereocenters. The van der Waals surface area contributed by atoms with Crippen LogP contribution < -0.4 is 11.1 Å². The van der Waals surface area contributed by atoms with Gasteiger partial charge in [-0.25, -0.2) is 4.79 Å². The SMILES string of the molecule is CCOC(=O)C(=O)c1ccc2[nH]c(=O)c(=O)[nH]c2c1. The number of hydrogen-bond acceptors (Lipinski definition) is 5. The number of aromatic amines is 2. The molecule has 2 aromatic rings. The van der Waals surface area contributed by atoms with Gasteiger partial charge in [0.25, 0.3) is 5.78 Å². The average molecular weight is 262 g/mol. The van der Waals surface area contributed by atoms with Crippen LogP contribution >= 0.6 is 0 Å². The number of ether oxygens (including phenoxy) is 1. The largest absolute Gasteiger partial charge is 0.460 e. The maximum Gasteiger partial charge on any atom is 0.379 e. The minimum atomic E-state index is -0.964. The highest BCUT2D eigenvalue weighted by Crippen LogP contribution is 2.10. The monoisotopic (exact) mass is 262 g/mol. The number of benzene rings is 1. The van der Waals surface area contributed by atoms with Gasteiger partial charge in [0, 0.05) is 5.56 Å². The summed E-state index contributed by atoms with van der Waals surface area (Å²) in [5.74, 6) is -1.77. The molecule has 0 unspecified atom stereocenters. The quantitative estimate of drug-likeness (QED) is 0.458. The Hall–Kier alpha value is -2.70. The number of nitrogens with one attached hydrogen (secondary N) is 2. The molecule has 19 heavy (non-hydrogen) atoms. The molecule has 0 saturated carbocycles. The number of carbonyl (C=O) groups is 2. The molecule has 0 aliphatic carbocycles. The van der Waals surface area contributed by atoms with E-state index < -0.39 is 22.9 Å². The van der Waals surface area contributed by atoms with Gasteiger partial charge in [0.1, 0.15) is 0 Å². The molecule has 0 radical (unpaired) electrons. The molecule has 7 heteroatoms. The zero-order valence-electron chi connectivity index (χ0n) is 9.98. The number of Topliss-reactive ketones (excluding diaryl/α,β-unsaturated/α-hetero) is 1. The van der Waals surface area contributed by atoms with Gasteiger partial charge in [-0.15, -0.1) is 0 Å². The van der Waals surface area contributed by atoms with Gasteiger partial charge in [0.2, 0.25) is 0 Å². The molecule has 0 saturated heterocycles. The fourth-order valence-corrected chi connectivity index (χ4v) is 1.57. The minimum absolute atomic E-state index is 0.0775. The Morgan fingerprint density at radius 1 is 1.11 bits per heavy atom. The number of hydrogen-bond donors (Lipinski definition) is 2. The second-order valence-electron chi connectivity index (χ2n) is 3.72. The Kier molecular flexibility index (Phi) is 3.28. The predicted octanol–water partition coefficient (Wildman–Crippen LogP) is -0.0378. The van der Waals surface area contributed by atoms with Crippen molar-refractivity contribution in [2.45, 2.75) is 6.92 Å². The van der Waals surface area contributed by atoms with Crippen LogP contribution in [0.4, 0.5) is 0 Å². The van der Waals surface area contributed by atoms with Gasteiger partial charge in [0.05, 0.1) is 17.6 Å². The van der Waals surface area contributed by atoms with Crippen LogP contribution in [0.1, 0.15) is 17.3 Å². The zero-order chi connectivity index (χ0) is 14.0. The third-order valence-electron chi connectivity index (χ3n) is 2.45. The highest BCUT2D eigenvalue weighted by atomic mass is 16.5. The van der Waals surface area contributed by atoms with Crippen molar-refractivity contribution in [2.75, 3.05) is 6.61 Å². The number of rotatable bonds is 3. The lowest BCUT2D eigenvalue weighted by Gasteiger charge is -2.02. The maximum atomic E-state index is 11.7. The van der Waals surface area contributed by atoms with Crippen molar-refractivity contribution < 1.29 is 14.3 Å². The highest BCUT2D eigenvalue weighted by molar-refractivity contribution is 6.40. The summed E-state index contributed by atoms with van der Waals surface area (Å²) in [6.07, 6.45) is 0. The second kappa shape index (κ2) is 4.89. The molecule has 0 fully saturated rings. The van der Waals surface area contributed by atoms with E-state index in [1.807, 2.05) is 0 Å². The van der Waals surface area contributed by atoms with Crippen LogP contribution in [-0.4, -0.2) is 28.3 Å². The summed E-state index contributed by atoms with van der Waals surface area (Å²) in [5, 5.41) is 0. The van der Waals surface area contributed by atoms with Crippen LogP contribution in [0.2, 0.25) is 0 Å². The van der Waals surface area contributed by atoms with E-state index in [1.54, 1.807) is 6.92 Å². The molecule has 2 N–H and O–H groups in total. The summed E-state index contributed by atoms with van der Waals surface area (Å²) in [6.45, 7) is 1.69. The Balaban J connectivity index is 2.50. The molecule has 98 valence electrons. The summed E-state index contributed by atoms with van der Waals surface area (Å²) in [5.41, 5.74) is -0.899. The van der Waals surface area contributed by atoms with Crippen LogP contribution in [0.5, 0.6) is 0 Å². The van der Waals surface area contributed by atoms with Crippen LogP contribution in [-0.2, 0) is 9.53 Å². The number of aromatic nitrogens is 2. The number of H-pyrrole nitrogens is 2. The minimum Gasteiger partial charge on any atom is -0.460 e. The van der Waals surface area contributed by atoms with Gasteiger partial charge in [-0.3, -0.25) is 14.4 Å². The molecular formula is C12H10N2O5. The van der Waals surface area contributed by atoms with Gasteiger partial charge < -0.3 is 14.7 Å². The molecule has 0 aliphatic rings. The first-order valence-corrected chi connectivity index (χ1v) is 5.50. The summed E-state index contributed by atoms with van der Waals surface area (Å²) in [6, 6.07) is 4.11. The number of esters is 1. The highest BCUT2D eigenvalue weighted by Gasteiger charge is 2.17. The smallest absolute Gasteiger partial charge is 0.379 e. The van der Waals surface area contributed by atoms with Crippen LogP contribution in [0.25, 0.3) is 11.0 Å². The lowest BCUT2D eigenvalue weighted by atomic mass is 10.1. The molecule has 0 spiro atoms. The molecular weight excluding hydrogens is 252 g/mol. The van der Waals surface area contributed by atoms with Crippen LogP contribution in [0.15, 0.2) is 27.8 Å². The molecule has 0 bridgehead atoms. The van der Waals surface area contributed by atoms with E-state index in [4.69, 9.17) is 0 Å². The number of carbonyl (C=O) groups excluding carboxylic acids is 2. The average Bonchev–Trinajstić information content (AvgIpc) is 2.39. The molecule has 1 aromatic carbocycles. The first kappa shape index (κ1) is 12.7. The summed E-state index contributed by atoms with van der Waals surface area (Å²) in [4.78, 5) is 49.9. The third kappa shape index (κ3) is 2.44. The van der Waals surface area contributed by atoms with Crippen LogP contribution in [0, 0.1) is 0 Å². The molecule has 1 heterocycles. The topological polar surface area (TPSA) is 109 Å². The predicted molar refractivity (Wildman–Crippen MR) is 66.2 cm³/mol. The fraction of sp³-hybridized carbons (Fsp3) is 0.167.